The molecule has 1 aromatic heterocycles. The van der Waals surface area contributed by atoms with Gasteiger partial charge in [0.25, 0.3) is 5.91 Å². The minimum atomic E-state index is -0.109. The molecule has 1 amide bonds. The lowest BCUT2D eigenvalue weighted by Crippen LogP contribution is -2.26. The van der Waals surface area contributed by atoms with Crippen molar-refractivity contribution in [2.75, 3.05) is 0 Å². The molecule has 0 aliphatic heterocycles. The molecule has 1 aliphatic rings. The predicted octanol–water partition coefficient (Wildman–Crippen LogP) is 2.35. The van der Waals surface area contributed by atoms with Gasteiger partial charge < -0.3 is 5.32 Å². The molecule has 1 fully saturated rings. The number of hydrogen-bond donors (Lipinski definition) is 2. The number of aromatic nitrogens is 2. The van der Waals surface area contributed by atoms with Gasteiger partial charge in [0.2, 0.25) is 0 Å². The lowest BCUT2D eigenvalue weighted by atomic mass is 10.1. The van der Waals surface area contributed by atoms with Crippen molar-refractivity contribution in [1.29, 1.82) is 0 Å². The van der Waals surface area contributed by atoms with Crippen molar-refractivity contribution in [3.63, 3.8) is 0 Å². The number of halogens is 1. The molecule has 5 heteroatoms. The highest BCUT2D eigenvalue weighted by molar-refractivity contribution is 6.30. The second kappa shape index (κ2) is 4.46. The third kappa shape index (κ3) is 2.24. The van der Waals surface area contributed by atoms with Crippen molar-refractivity contribution < 1.29 is 4.79 Å². The number of nitrogens with zero attached hydrogens (tertiary/aromatic N) is 1. The lowest BCUT2D eigenvalue weighted by Gasteiger charge is -2.03. The summed E-state index contributed by atoms with van der Waals surface area (Å²) in [5.74, 6) is 0.262. The molecule has 18 heavy (non-hydrogen) atoms. The van der Waals surface area contributed by atoms with E-state index >= 15 is 0 Å². The van der Waals surface area contributed by atoms with Crippen LogP contribution in [0.25, 0.3) is 0 Å². The number of carbonyl (C=O) groups is 1. The Balaban J connectivity index is 1.63. The van der Waals surface area contributed by atoms with Crippen LogP contribution >= 0.6 is 11.6 Å². The lowest BCUT2D eigenvalue weighted by molar-refractivity contribution is 0.0945. The molecular weight excluding hydrogens is 250 g/mol. The van der Waals surface area contributed by atoms with Gasteiger partial charge in [0.05, 0.1) is 0 Å². The quantitative estimate of drug-likeness (QED) is 0.891. The largest absolute Gasteiger partial charge is 0.347 e. The zero-order valence-electron chi connectivity index (χ0n) is 9.56. The summed E-state index contributed by atoms with van der Waals surface area (Å²) in [6, 6.07) is 9.63. The predicted molar refractivity (Wildman–Crippen MR) is 68.7 cm³/mol. The minimum absolute atomic E-state index is 0.109. The third-order valence-corrected chi connectivity index (χ3v) is 3.36. The van der Waals surface area contributed by atoms with Gasteiger partial charge in [-0.05, 0) is 30.2 Å². The summed E-state index contributed by atoms with van der Waals surface area (Å²) in [5.41, 5.74) is 1.67. The van der Waals surface area contributed by atoms with Crippen molar-refractivity contribution in [3.8, 4) is 0 Å². The molecule has 2 atom stereocenters. The second-order valence-corrected chi connectivity index (χ2v) is 4.88. The van der Waals surface area contributed by atoms with Gasteiger partial charge in [-0.25, -0.2) is 0 Å². The van der Waals surface area contributed by atoms with Crippen LogP contribution in [-0.4, -0.2) is 22.1 Å². The Labute approximate surface area is 109 Å². The monoisotopic (exact) mass is 261 g/mol. The fraction of sp³-hybridized carbons (Fsp3) is 0.231. The summed E-state index contributed by atoms with van der Waals surface area (Å²) in [6.07, 6.45) is 2.52. The Morgan fingerprint density at radius 1 is 1.44 bits per heavy atom. The van der Waals surface area contributed by atoms with Crippen molar-refractivity contribution >= 4 is 17.5 Å². The molecule has 0 unspecified atom stereocenters. The van der Waals surface area contributed by atoms with Gasteiger partial charge >= 0.3 is 0 Å². The number of rotatable bonds is 3. The van der Waals surface area contributed by atoms with E-state index in [9.17, 15) is 4.79 Å². The number of nitrogens with one attached hydrogen (secondary N) is 2. The maximum atomic E-state index is 11.8. The van der Waals surface area contributed by atoms with E-state index < -0.39 is 0 Å². The molecule has 1 heterocycles. The van der Waals surface area contributed by atoms with Crippen LogP contribution in [0.1, 0.15) is 28.4 Å². The molecule has 1 saturated carbocycles. The number of aromatic amines is 1. The molecule has 3 rings (SSSR count). The van der Waals surface area contributed by atoms with Gasteiger partial charge in [-0.15, -0.1) is 0 Å². The Bertz CT molecular complexity index is 567. The highest BCUT2D eigenvalue weighted by Gasteiger charge is 2.39. The smallest absolute Gasteiger partial charge is 0.269 e. The van der Waals surface area contributed by atoms with E-state index in [1.54, 1.807) is 12.3 Å². The van der Waals surface area contributed by atoms with E-state index in [1.165, 1.54) is 5.56 Å². The minimum Gasteiger partial charge on any atom is -0.347 e. The van der Waals surface area contributed by atoms with E-state index in [0.717, 1.165) is 11.4 Å². The first-order chi connectivity index (χ1) is 8.74. The van der Waals surface area contributed by atoms with Gasteiger partial charge in [0.15, 0.2) is 0 Å². The fourth-order valence-corrected chi connectivity index (χ4v) is 2.29. The summed E-state index contributed by atoms with van der Waals surface area (Å²) in [4.78, 5) is 11.8. The maximum absolute atomic E-state index is 11.8. The van der Waals surface area contributed by atoms with E-state index in [4.69, 9.17) is 11.6 Å². The Morgan fingerprint density at radius 2 is 2.33 bits per heavy atom. The van der Waals surface area contributed by atoms with Gasteiger partial charge in [-0.3, -0.25) is 9.89 Å². The average Bonchev–Trinajstić information content (AvgIpc) is 2.91. The van der Waals surface area contributed by atoms with Gasteiger partial charge in [0.1, 0.15) is 5.69 Å². The van der Waals surface area contributed by atoms with Crippen LogP contribution in [0.3, 0.4) is 0 Å². The summed E-state index contributed by atoms with van der Waals surface area (Å²) in [5, 5.41) is 10.1. The van der Waals surface area contributed by atoms with Crippen LogP contribution in [0, 0.1) is 0 Å². The topological polar surface area (TPSA) is 57.8 Å². The van der Waals surface area contributed by atoms with Crippen molar-refractivity contribution in [3.05, 3.63) is 52.8 Å². The van der Waals surface area contributed by atoms with Crippen LogP contribution in [0.15, 0.2) is 36.5 Å². The average molecular weight is 262 g/mol. The first kappa shape index (κ1) is 11.3. The van der Waals surface area contributed by atoms with Crippen molar-refractivity contribution in [1.82, 2.24) is 15.5 Å². The van der Waals surface area contributed by atoms with Crippen LogP contribution in [-0.2, 0) is 0 Å². The molecular formula is C13H12ClN3O. The number of hydrogen-bond acceptors (Lipinski definition) is 2. The second-order valence-electron chi connectivity index (χ2n) is 4.45. The summed E-state index contributed by atoms with van der Waals surface area (Å²) >= 11 is 5.95. The SMILES string of the molecule is O=C(N[C@@H]1C[C@H]1c1cccc(Cl)c1)c1ccn[nH]1. The van der Waals surface area contributed by atoms with Gasteiger partial charge in [-0.1, -0.05) is 23.7 Å². The van der Waals surface area contributed by atoms with Gasteiger partial charge in [0, 0.05) is 23.2 Å². The summed E-state index contributed by atoms with van der Waals surface area (Å²) in [6.45, 7) is 0. The molecule has 0 saturated heterocycles. The van der Waals surface area contributed by atoms with E-state index in [2.05, 4.69) is 15.5 Å². The Kier molecular flexibility index (Phi) is 2.80. The molecule has 92 valence electrons. The molecule has 2 aromatic rings. The first-order valence-corrected chi connectivity index (χ1v) is 6.17. The Hall–Kier alpha value is -1.81. The molecule has 1 aromatic carbocycles. The third-order valence-electron chi connectivity index (χ3n) is 3.13. The first-order valence-electron chi connectivity index (χ1n) is 5.80. The van der Waals surface area contributed by atoms with Crippen LogP contribution in [0.5, 0.6) is 0 Å². The molecule has 1 aliphatic carbocycles. The number of benzene rings is 1. The normalized spacial score (nSPS) is 21.6. The maximum Gasteiger partial charge on any atom is 0.269 e. The van der Waals surface area contributed by atoms with Crippen LogP contribution < -0.4 is 5.32 Å². The van der Waals surface area contributed by atoms with Crippen LogP contribution in [0.2, 0.25) is 5.02 Å². The summed E-state index contributed by atoms with van der Waals surface area (Å²) < 4.78 is 0. The number of amides is 1. The fourth-order valence-electron chi connectivity index (χ4n) is 2.09. The zero-order chi connectivity index (χ0) is 12.5. The summed E-state index contributed by atoms with van der Waals surface area (Å²) in [7, 11) is 0. The molecule has 4 nitrogen and oxygen atoms in total. The molecule has 2 N–H and O–H groups in total. The van der Waals surface area contributed by atoms with Crippen LogP contribution in [0.4, 0.5) is 0 Å². The zero-order valence-corrected chi connectivity index (χ0v) is 10.3. The molecule has 0 bridgehead atoms. The highest BCUT2D eigenvalue weighted by atomic mass is 35.5. The Morgan fingerprint density at radius 3 is 3.06 bits per heavy atom. The van der Waals surface area contributed by atoms with Gasteiger partial charge in [-0.2, -0.15) is 5.10 Å². The number of H-pyrrole nitrogens is 1. The van der Waals surface area contributed by atoms with Crippen molar-refractivity contribution in [2.24, 2.45) is 0 Å². The molecule has 0 spiro atoms. The standard InChI is InChI=1S/C13H12ClN3O/c14-9-3-1-2-8(6-9)10-7-12(10)16-13(18)11-4-5-15-17-11/h1-6,10,12H,7H2,(H,15,17)(H,16,18)/t10-,12+/m0/s1. The van der Waals surface area contributed by atoms with E-state index in [0.29, 0.717) is 11.6 Å². The number of carbonyl (C=O) groups excluding carboxylic acids is 1. The van der Waals surface area contributed by atoms with E-state index in [1.807, 2.05) is 24.3 Å². The highest BCUT2D eigenvalue weighted by Crippen LogP contribution is 2.41. The van der Waals surface area contributed by atoms with Crippen molar-refractivity contribution in [2.45, 2.75) is 18.4 Å². The molecule has 0 radical (unpaired) electrons. The van der Waals surface area contributed by atoms with E-state index in [-0.39, 0.29) is 11.9 Å².